The van der Waals surface area contributed by atoms with Crippen LogP contribution in [0, 0.1) is 5.82 Å². The molecule has 0 aliphatic carbocycles. The monoisotopic (exact) mass is 337 g/mol. The first-order valence-electron chi connectivity index (χ1n) is 7.11. The van der Waals surface area contributed by atoms with E-state index in [1.807, 2.05) is 0 Å². The summed E-state index contributed by atoms with van der Waals surface area (Å²) in [5.74, 6) is -0.650. The van der Waals surface area contributed by atoms with Crippen LogP contribution in [0.15, 0.2) is 41.4 Å². The van der Waals surface area contributed by atoms with Crippen molar-refractivity contribution in [2.24, 2.45) is 0 Å². The summed E-state index contributed by atoms with van der Waals surface area (Å²) in [6.07, 6.45) is 2.22. The molecule has 0 saturated carbocycles. The third kappa shape index (κ3) is 3.07. The standard InChI is InChI=1S/C15H16FN3O3S/c1-18-7-2-8-19-10-13(9-14(19)15(18)20)23(21,22)17-12-5-3-11(16)4-6-12/h3-6,9-10,17H,2,7-8H2,1H3. The second-order valence-electron chi connectivity index (χ2n) is 5.45. The molecule has 3 rings (SSSR count). The van der Waals surface area contributed by atoms with Gasteiger partial charge in [-0.2, -0.15) is 0 Å². The molecule has 8 heteroatoms. The van der Waals surface area contributed by atoms with Crippen molar-refractivity contribution in [3.05, 3.63) is 48.0 Å². The Balaban J connectivity index is 1.92. The van der Waals surface area contributed by atoms with Gasteiger partial charge in [-0.15, -0.1) is 0 Å². The van der Waals surface area contributed by atoms with Crippen LogP contribution in [0.2, 0.25) is 0 Å². The first kappa shape index (κ1) is 15.5. The molecule has 0 bridgehead atoms. The molecule has 0 fully saturated rings. The van der Waals surface area contributed by atoms with Gasteiger partial charge < -0.3 is 9.47 Å². The van der Waals surface area contributed by atoms with Crippen molar-refractivity contribution in [3.63, 3.8) is 0 Å². The number of sulfonamides is 1. The quantitative estimate of drug-likeness (QED) is 0.930. The second-order valence-corrected chi connectivity index (χ2v) is 7.13. The number of nitrogens with one attached hydrogen (secondary N) is 1. The highest BCUT2D eigenvalue weighted by molar-refractivity contribution is 7.92. The molecule has 1 aromatic carbocycles. The maximum atomic E-state index is 12.9. The molecular formula is C15H16FN3O3S. The van der Waals surface area contributed by atoms with E-state index in [2.05, 4.69) is 4.72 Å². The Bertz CT molecular complexity index is 843. The molecule has 2 aromatic rings. The van der Waals surface area contributed by atoms with Crippen molar-refractivity contribution >= 4 is 21.6 Å². The number of amides is 1. The number of aromatic nitrogens is 1. The van der Waals surface area contributed by atoms with Gasteiger partial charge in [-0.3, -0.25) is 9.52 Å². The molecule has 0 unspecified atom stereocenters. The van der Waals surface area contributed by atoms with Crippen molar-refractivity contribution < 1.29 is 17.6 Å². The molecule has 1 aromatic heterocycles. The van der Waals surface area contributed by atoms with E-state index in [-0.39, 0.29) is 16.5 Å². The Morgan fingerprint density at radius 1 is 1.17 bits per heavy atom. The van der Waals surface area contributed by atoms with Gasteiger partial charge in [0.05, 0.1) is 0 Å². The molecule has 0 spiro atoms. The van der Waals surface area contributed by atoms with Crippen LogP contribution in [0.3, 0.4) is 0 Å². The maximum absolute atomic E-state index is 12.9. The summed E-state index contributed by atoms with van der Waals surface area (Å²) < 4.78 is 41.8. The normalized spacial score (nSPS) is 15.2. The third-order valence-corrected chi connectivity index (χ3v) is 5.08. The fraction of sp³-hybridized carbons (Fsp3) is 0.267. The summed E-state index contributed by atoms with van der Waals surface area (Å²) in [5.41, 5.74) is 0.612. The van der Waals surface area contributed by atoms with E-state index in [0.717, 1.165) is 6.42 Å². The fourth-order valence-corrected chi connectivity index (χ4v) is 3.60. The Kier molecular flexibility index (Phi) is 3.85. The van der Waals surface area contributed by atoms with Gasteiger partial charge in [-0.05, 0) is 36.8 Å². The number of anilines is 1. The number of hydrogen-bond donors (Lipinski definition) is 1. The van der Waals surface area contributed by atoms with E-state index < -0.39 is 15.8 Å². The van der Waals surface area contributed by atoms with Crippen molar-refractivity contribution in [1.82, 2.24) is 9.47 Å². The summed E-state index contributed by atoms with van der Waals surface area (Å²) in [6.45, 7) is 1.22. The molecule has 23 heavy (non-hydrogen) atoms. The van der Waals surface area contributed by atoms with Gasteiger partial charge in [-0.1, -0.05) is 0 Å². The van der Waals surface area contributed by atoms with E-state index >= 15 is 0 Å². The van der Waals surface area contributed by atoms with Gasteiger partial charge in [-0.25, -0.2) is 12.8 Å². The van der Waals surface area contributed by atoms with Gasteiger partial charge >= 0.3 is 0 Å². The first-order valence-corrected chi connectivity index (χ1v) is 8.59. The van der Waals surface area contributed by atoms with E-state index in [9.17, 15) is 17.6 Å². The molecule has 1 aliphatic rings. The van der Waals surface area contributed by atoms with Crippen LogP contribution in [0.1, 0.15) is 16.9 Å². The number of carbonyl (C=O) groups excluding carboxylic acids is 1. The zero-order chi connectivity index (χ0) is 16.6. The molecule has 6 nitrogen and oxygen atoms in total. The first-order chi connectivity index (χ1) is 10.9. The highest BCUT2D eigenvalue weighted by Gasteiger charge is 2.25. The molecule has 0 radical (unpaired) electrons. The van der Waals surface area contributed by atoms with Crippen LogP contribution in [-0.4, -0.2) is 37.4 Å². The molecule has 1 amide bonds. The number of rotatable bonds is 3. The number of halogens is 1. The average Bonchev–Trinajstić information content (AvgIpc) is 2.88. The summed E-state index contributed by atoms with van der Waals surface area (Å²) >= 11 is 0. The van der Waals surface area contributed by atoms with Gasteiger partial charge in [0, 0.05) is 32.0 Å². The number of carbonyl (C=O) groups is 1. The predicted octanol–water partition coefficient (Wildman–Crippen LogP) is 1.90. The largest absolute Gasteiger partial charge is 0.342 e. The molecule has 1 aliphatic heterocycles. The zero-order valence-electron chi connectivity index (χ0n) is 12.5. The predicted molar refractivity (Wildman–Crippen MR) is 83.2 cm³/mol. The van der Waals surface area contributed by atoms with Crippen molar-refractivity contribution in [2.75, 3.05) is 18.3 Å². The van der Waals surface area contributed by atoms with E-state index in [1.54, 1.807) is 16.5 Å². The zero-order valence-corrected chi connectivity index (χ0v) is 13.3. The lowest BCUT2D eigenvalue weighted by Crippen LogP contribution is -2.26. The lowest BCUT2D eigenvalue weighted by Gasteiger charge is -2.12. The average molecular weight is 337 g/mol. The minimum Gasteiger partial charge on any atom is -0.342 e. The molecular weight excluding hydrogens is 321 g/mol. The third-order valence-electron chi connectivity index (χ3n) is 3.74. The fourth-order valence-electron chi connectivity index (χ4n) is 2.50. The Hall–Kier alpha value is -2.35. The summed E-state index contributed by atoms with van der Waals surface area (Å²) in [5, 5.41) is 0. The maximum Gasteiger partial charge on any atom is 0.270 e. The highest BCUT2D eigenvalue weighted by Crippen LogP contribution is 2.21. The van der Waals surface area contributed by atoms with Crippen molar-refractivity contribution in [3.8, 4) is 0 Å². The summed E-state index contributed by atoms with van der Waals surface area (Å²) in [4.78, 5) is 13.8. The van der Waals surface area contributed by atoms with Crippen molar-refractivity contribution in [2.45, 2.75) is 17.9 Å². The second kappa shape index (κ2) is 5.69. The van der Waals surface area contributed by atoms with Gasteiger partial charge in [0.25, 0.3) is 15.9 Å². The van der Waals surface area contributed by atoms with E-state index in [1.165, 1.54) is 36.5 Å². The SMILES string of the molecule is CN1CCCn2cc(S(=O)(=O)Nc3ccc(F)cc3)cc2C1=O. The lowest BCUT2D eigenvalue weighted by molar-refractivity contribution is 0.0796. The molecule has 0 atom stereocenters. The number of benzene rings is 1. The number of hydrogen-bond acceptors (Lipinski definition) is 3. The summed E-state index contributed by atoms with van der Waals surface area (Å²) in [7, 11) is -2.15. The smallest absolute Gasteiger partial charge is 0.270 e. The molecule has 1 N–H and O–H groups in total. The van der Waals surface area contributed by atoms with Crippen molar-refractivity contribution in [1.29, 1.82) is 0 Å². The summed E-state index contributed by atoms with van der Waals surface area (Å²) in [6, 6.07) is 6.40. The molecule has 122 valence electrons. The van der Waals surface area contributed by atoms with Crippen LogP contribution in [0.25, 0.3) is 0 Å². The van der Waals surface area contributed by atoms with Crippen LogP contribution in [0.5, 0.6) is 0 Å². The van der Waals surface area contributed by atoms with E-state index in [4.69, 9.17) is 0 Å². The van der Waals surface area contributed by atoms with Crippen LogP contribution in [-0.2, 0) is 16.6 Å². The molecule has 0 saturated heterocycles. The van der Waals surface area contributed by atoms with E-state index in [0.29, 0.717) is 18.8 Å². The Morgan fingerprint density at radius 3 is 2.57 bits per heavy atom. The van der Waals surface area contributed by atoms with Gasteiger partial charge in [0.15, 0.2) is 0 Å². The van der Waals surface area contributed by atoms with Crippen LogP contribution in [0.4, 0.5) is 10.1 Å². The topological polar surface area (TPSA) is 71.4 Å². The molecule has 2 heterocycles. The van der Waals surface area contributed by atoms with Gasteiger partial charge in [0.1, 0.15) is 16.4 Å². The number of nitrogens with zero attached hydrogens (tertiary/aromatic N) is 2. The van der Waals surface area contributed by atoms with Crippen LogP contribution >= 0.6 is 0 Å². The Morgan fingerprint density at radius 2 is 1.87 bits per heavy atom. The minimum absolute atomic E-state index is 0.0143. The number of aryl methyl sites for hydroxylation is 1. The lowest BCUT2D eigenvalue weighted by atomic mass is 10.3. The van der Waals surface area contributed by atoms with Crippen LogP contribution < -0.4 is 4.72 Å². The number of fused-ring (bicyclic) bond motifs is 1. The minimum atomic E-state index is -3.84. The Labute approximate surface area is 133 Å². The highest BCUT2D eigenvalue weighted by atomic mass is 32.2. The van der Waals surface area contributed by atoms with Gasteiger partial charge in [0.2, 0.25) is 0 Å².